The van der Waals surface area contributed by atoms with Crippen LogP contribution in [0.3, 0.4) is 0 Å². The fourth-order valence-corrected chi connectivity index (χ4v) is 4.99. The van der Waals surface area contributed by atoms with Gasteiger partial charge in [0.05, 0.1) is 22.8 Å². The molecule has 0 atom stereocenters. The number of hydrogen-bond donors (Lipinski definition) is 2. The van der Waals surface area contributed by atoms with Crippen molar-refractivity contribution in [2.45, 2.75) is 39.5 Å². The van der Waals surface area contributed by atoms with Gasteiger partial charge in [0.1, 0.15) is 17.4 Å². The first-order valence-corrected chi connectivity index (χ1v) is 12.5. The number of ether oxygens (including phenoxy) is 2. The summed E-state index contributed by atoms with van der Waals surface area (Å²) in [7, 11) is 1.79. The molecule has 0 aliphatic rings. The van der Waals surface area contributed by atoms with Crippen LogP contribution in [0.1, 0.15) is 49.5 Å². The highest BCUT2D eigenvalue weighted by Gasteiger charge is 2.26. The Morgan fingerprint density at radius 2 is 1.91 bits per heavy atom. The molecule has 35 heavy (non-hydrogen) atoms. The number of aryl methyl sites for hydroxylation is 1. The fraction of sp³-hybridized carbons (Fsp3) is 0.348. The molecule has 0 aliphatic carbocycles. The standard InChI is InChI=1S/C23H27N5O5S2/c1-6-32-22(31)18-14(4)19(20(24)30)35-21(18)25-17(29)11-34-23-27-26-16(28(23)5)10-33-15-9-7-8-12(2)13(15)3/h7-9H,6,10-11H2,1-5H3,(H2,24,30)(H,25,29). The van der Waals surface area contributed by atoms with E-state index in [0.717, 1.165) is 28.2 Å². The van der Waals surface area contributed by atoms with Crippen LogP contribution in [0.15, 0.2) is 23.4 Å². The van der Waals surface area contributed by atoms with Gasteiger partial charge in [-0.05, 0) is 50.5 Å². The molecule has 0 aliphatic heterocycles. The van der Waals surface area contributed by atoms with Crippen molar-refractivity contribution in [3.05, 3.63) is 51.2 Å². The van der Waals surface area contributed by atoms with Crippen LogP contribution < -0.4 is 15.8 Å². The summed E-state index contributed by atoms with van der Waals surface area (Å²) in [6.07, 6.45) is 0. The van der Waals surface area contributed by atoms with Crippen molar-refractivity contribution >= 4 is 45.9 Å². The maximum Gasteiger partial charge on any atom is 0.341 e. The number of carbonyl (C=O) groups excluding carboxylic acids is 3. The van der Waals surface area contributed by atoms with Crippen molar-refractivity contribution < 1.29 is 23.9 Å². The van der Waals surface area contributed by atoms with Crippen LogP contribution in [0.5, 0.6) is 5.75 Å². The van der Waals surface area contributed by atoms with E-state index in [0.29, 0.717) is 16.5 Å². The van der Waals surface area contributed by atoms with E-state index >= 15 is 0 Å². The molecule has 0 radical (unpaired) electrons. The number of esters is 1. The van der Waals surface area contributed by atoms with Crippen LogP contribution >= 0.6 is 23.1 Å². The van der Waals surface area contributed by atoms with Crippen LogP contribution in [0.2, 0.25) is 0 Å². The lowest BCUT2D eigenvalue weighted by molar-refractivity contribution is -0.113. The summed E-state index contributed by atoms with van der Waals surface area (Å²) in [6.45, 7) is 7.67. The summed E-state index contributed by atoms with van der Waals surface area (Å²) >= 11 is 2.13. The summed E-state index contributed by atoms with van der Waals surface area (Å²) in [4.78, 5) is 36.9. The summed E-state index contributed by atoms with van der Waals surface area (Å²) in [5.74, 6) is -0.288. The number of thiophene rings is 1. The summed E-state index contributed by atoms with van der Waals surface area (Å²) in [5, 5.41) is 11.7. The van der Waals surface area contributed by atoms with E-state index in [-0.39, 0.29) is 40.3 Å². The molecule has 186 valence electrons. The van der Waals surface area contributed by atoms with Crippen LogP contribution in [0.25, 0.3) is 0 Å². The highest BCUT2D eigenvalue weighted by atomic mass is 32.2. The fourth-order valence-electron chi connectivity index (χ4n) is 3.20. The second-order valence-electron chi connectivity index (χ2n) is 7.63. The number of nitrogens with one attached hydrogen (secondary N) is 1. The number of hydrogen-bond acceptors (Lipinski definition) is 9. The number of thioether (sulfide) groups is 1. The van der Waals surface area contributed by atoms with E-state index < -0.39 is 11.9 Å². The smallest absolute Gasteiger partial charge is 0.341 e. The Hall–Kier alpha value is -3.38. The Balaban J connectivity index is 1.65. The number of amides is 2. The van der Waals surface area contributed by atoms with Crippen molar-refractivity contribution in [1.29, 1.82) is 0 Å². The molecule has 0 saturated heterocycles. The molecule has 0 bridgehead atoms. The van der Waals surface area contributed by atoms with Crippen molar-refractivity contribution in [3.63, 3.8) is 0 Å². The van der Waals surface area contributed by atoms with Gasteiger partial charge >= 0.3 is 5.97 Å². The number of aromatic nitrogens is 3. The van der Waals surface area contributed by atoms with Gasteiger partial charge in [0, 0.05) is 7.05 Å². The van der Waals surface area contributed by atoms with Crippen LogP contribution in [-0.4, -0.2) is 44.9 Å². The molecule has 0 unspecified atom stereocenters. The third-order valence-corrected chi connectivity index (χ3v) is 7.51. The molecule has 0 saturated carbocycles. The lowest BCUT2D eigenvalue weighted by atomic mass is 10.1. The minimum Gasteiger partial charge on any atom is -0.485 e. The van der Waals surface area contributed by atoms with Crippen LogP contribution in [-0.2, 0) is 23.2 Å². The Kier molecular flexibility index (Phi) is 8.52. The molecule has 0 spiro atoms. The molecule has 2 aromatic heterocycles. The van der Waals surface area contributed by atoms with Crippen molar-refractivity contribution in [3.8, 4) is 5.75 Å². The number of carbonyl (C=O) groups is 3. The van der Waals surface area contributed by atoms with E-state index in [1.165, 1.54) is 11.8 Å². The third kappa shape index (κ3) is 6.01. The van der Waals surface area contributed by atoms with Crippen molar-refractivity contribution in [2.24, 2.45) is 12.8 Å². The second kappa shape index (κ2) is 11.4. The van der Waals surface area contributed by atoms with Gasteiger partial charge in [0.15, 0.2) is 11.0 Å². The number of anilines is 1. The van der Waals surface area contributed by atoms with E-state index in [1.54, 1.807) is 25.5 Å². The molecule has 1 aromatic carbocycles. The quantitative estimate of drug-likeness (QED) is 0.308. The molecule has 3 rings (SSSR count). The van der Waals surface area contributed by atoms with Crippen LogP contribution in [0, 0.1) is 20.8 Å². The summed E-state index contributed by atoms with van der Waals surface area (Å²) in [6, 6.07) is 5.86. The molecule has 2 amide bonds. The van der Waals surface area contributed by atoms with Crippen molar-refractivity contribution in [1.82, 2.24) is 14.8 Å². The maximum atomic E-state index is 12.6. The third-order valence-electron chi connectivity index (χ3n) is 5.27. The maximum absolute atomic E-state index is 12.6. The van der Waals surface area contributed by atoms with E-state index in [9.17, 15) is 14.4 Å². The van der Waals surface area contributed by atoms with E-state index in [1.807, 2.05) is 32.0 Å². The van der Waals surface area contributed by atoms with E-state index in [2.05, 4.69) is 15.5 Å². The summed E-state index contributed by atoms with van der Waals surface area (Å²) < 4.78 is 12.7. The first-order valence-electron chi connectivity index (χ1n) is 10.7. The Morgan fingerprint density at radius 3 is 2.60 bits per heavy atom. The zero-order valence-corrected chi connectivity index (χ0v) is 21.8. The lowest BCUT2D eigenvalue weighted by Crippen LogP contribution is -2.17. The highest BCUT2D eigenvalue weighted by molar-refractivity contribution is 7.99. The molecule has 0 fully saturated rings. The van der Waals surface area contributed by atoms with Gasteiger partial charge in [-0.3, -0.25) is 9.59 Å². The molecular formula is C23H27N5O5S2. The van der Waals surface area contributed by atoms with E-state index in [4.69, 9.17) is 15.2 Å². The Bertz CT molecular complexity index is 1270. The first-order chi connectivity index (χ1) is 16.6. The zero-order chi connectivity index (χ0) is 25.7. The predicted molar refractivity (Wildman–Crippen MR) is 134 cm³/mol. The van der Waals surface area contributed by atoms with Gasteiger partial charge in [0.2, 0.25) is 5.91 Å². The highest BCUT2D eigenvalue weighted by Crippen LogP contribution is 2.34. The molecule has 3 N–H and O–H groups in total. The zero-order valence-electron chi connectivity index (χ0n) is 20.1. The SMILES string of the molecule is CCOC(=O)c1c(NC(=O)CSc2nnc(COc3cccc(C)c3C)n2C)sc(C(N)=O)c1C. The Labute approximate surface area is 211 Å². The van der Waals surface area contributed by atoms with Gasteiger partial charge in [-0.1, -0.05) is 23.9 Å². The van der Waals surface area contributed by atoms with Crippen molar-refractivity contribution in [2.75, 3.05) is 17.7 Å². The second-order valence-corrected chi connectivity index (χ2v) is 9.59. The largest absolute Gasteiger partial charge is 0.485 e. The number of primary amides is 1. The number of nitrogens with zero attached hydrogens (tertiary/aromatic N) is 3. The monoisotopic (exact) mass is 517 g/mol. The predicted octanol–water partition coefficient (Wildman–Crippen LogP) is 3.39. The minimum atomic E-state index is -0.678. The van der Waals surface area contributed by atoms with Gasteiger partial charge in [-0.2, -0.15) is 0 Å². The van der Waals surface area contributed by atoms with Gasteiger partial charge < -0.3 is 25.1 Å². The van der Waals surface area contributed by atoms with Gasteiger partial charge in [0.25, 0.3) is 5.91 Å². The van der Waals surface area contributed by atoms with Gasteiger partial charge in [-0.15, -0.1) is 21.5 Å². The molecule has 12 heteroatoms. The Morgan fingerprint density at radius 1 is 1.17 bits per heavy atom. The molecule has 10 nitrogen and oxygen atoms in total. The topological polar surface area (TPSA) is 138 Å². The molecule has 2 heterocycles. The number of rotatable bonds is 10. The van der Waals surface area contributed by atoms with Gasteiger partial charge in [-0.25, -0.2) is 4.79 Å². The summed E-state index contributed by atoms with van der Waals surface area (Å²) in [5.41, 5.74) is 8.12. The average molecular weight is 518 g/mol. The number of nitrogens with two attached hydrogens (primary N) is 1. The average Bonchev–Trinajstić information content (AvgIpc) is 3.32. The molecule has 3 aromatic rings. The number of benzene rings is 1. The minimum absolute atomic E-state index is 0.00887. The lowest BCUT2D eigenvalue weighted by Gasteiger charge is -2.10. The van der Waals surface area contributed by atoms with Crippen LogP contribution in [0.4, 0.5) is 5.00 Å². The first kappa shape index (κ1) is 26.2. The molecular weight excluding hydrogens is 490 g/mol. The normalized spacial score (nSPS) is 10.8.